The number of likely N-dealkylation sites (tertiary alicyclic amines) is 1. The monoisotopic (exact) mass is 732 g/mol. The maximum Gasteiger partial charge on any atom is 0.319 e. The molecule has 0 bridgehead atoms. The van der Waals surface area contributed by atoms with Gasteiger partial charge < -0.3 is 20.3 Å². The molecule has 1 aromatic heterocycles. The number of carbonyl (C=O) groups is 1. The van der Waals surface area contributed by atoms with Gasteiger partial charge in [0.25, 0.3) is 0 Å². The van der Waals surface area contributed by atoms with Crippen molar-refractivity contribution < 1.29 is 18.3 Å². The molecule has 0 aliphatic carbocycles. The van der Waals surface area contributed by atoms with E-state index in [1.54, 1.807) is 23.1 Å². The molecule has 2 aromatic carbocycles. The molecule has 0 spiro atoms. The maximum absolute atomic E-state index is 16.8. The van der Waals surface area contributed by atoms with Gasteiger partial charge in [0.2, 0.25) is 5.91 Å². The van der Waals surface area contributed by atoms with E-state index in [9.17, 15) is 14.4 Å². The van der Waals surface area contributed by atoms with Gasteiger partial charge in [0.15, 0.2) is 5.82 Å². The number of thioether (sulfide) groups is 1. The largest absolute Gasteiger partial charge is 0.461 e. The van der Waals surface area contributed by atoms with Gasteiger partial charge in [0.05, 0.1) is 34.0 Å². The van der Waals surface area contributed by atoms with Gasteiger partial charge in [-0.3, -0.25) is 9.69 Å². The zero-order chi connectivity index (χ0) is 36.4. The number of nitrogens with two attached hydrogens (primary N) is 1. The van der Waals surface area contributed by atoms with Crippen LogP contribution in [0.4, 0.5) is 14.6 Å². The summed E-state index contributed by atoms with van der Waals surface area (Å²) in [5, 5.41) is 18.0. The lowest BCUT2D eigenvalue weighted by Gasteiger charge is -2.35. The highest BCUT2D eigenvalue weighted by atomic mass is 35.5. The maximum atomic E-state index is 16.8. The molecule has 266 valence electrons. The molecule has 10 nitrogen and oxygen atoms in total. The Hall–Kier alpha value is -4.27. The Balaban J connectivity index is 0.000000435. The number of nitriles is 2. The van der Waals surface area contributed by atoms with E-state index in [-0.39, 0.29) is 44.5 Å². The number of anilines is 1. The van der Waals surface area contributed by atoms with Crippen LogP contribution >= 0.6 is 23.4 Å². The molecule has 3 atom stereocenters. The van der Waals surface area contributed by atoms with Crippen molar-refractivity contribution in [1.82, 2.24) is 19.8 Å². The summed E-state index contributed by atoms with van der Waals surface area (Å²) in [4.78, 5) is 26.0. The van der Waals surface area contributed by atoms with Crippen molar-refractivity contribution in [3.8, 4) is 29.3 Å². The van der Waals surface area contributed by atoms with Crippen molar-refractivity contribution in [3.05, 3.63) is 65.7 Å². The number of hydrogen-bond donors (Lipinski definition) is 1. The van der Waals surface area contributed by atoms with Crippen LogP contribution in [0.25, 0.3) is 22.0 Å². The van der Waals surface area contributed by atoms with Crippen molar-refractivity contribution in [2.24, 2.45) is 5.73 Å². The van der Waals surface area contributed by atoms with Crippen LogP contribution in [0.5, 0.6) is 6.01 Å². The standard InChI is InChI=1S/C31H31ClF2N6OS.C6H8N2O/c1-3-11-39(12-4-2)29-19-15-21(32)24(18-7-8-22(33)27-23(18)20(16-35)28(36)42-27)25(34)26(19)37-30(38-29)41-17-31-9-5-13-40(31)14-6-10-31;1-5(9)8-3-2-6(8)4-7/h3-4,7-8,15,20,28H,1-2,5-6,9-14,17,36H2;6H,2-3H2,1H3. The van der Waals surface area contributed by atoms with Gasteiger partial charge in [0, 0.05) is 42.4 Å². The third-order valence-corrected chi connectivity index (χ3v) is 11.6. The number of amides is 1. The Bertz CT molecular complexity index is 1950. The van der Waals surface area contributed by atoms with E-state index in [1.807, 2.05) is 11.0 Å². The van der Waals surface area contributed by atoms with Crippen molar-refractivity contribution in [2.75, 3.05) is 44.2 Å². The predicted molar refractivity (Wildman–Crippen MR) is 194 cm³/mol. The van der Waals surface area contributed by atoms with Gasteiger partial charge in [-0.05, 0) is 68.5 Å². The fourth-order valence-electron chi connectivity index (χ4n) is 7.56. The summed E-state index contributed by atoms with van der Waals surface area (Å²) in [7, 11) is 0. The first-order valence-electron chi connectivity index (χ1n) is 16.9. The quantitative estimate of drug-likeness (QED) is 0.242. The van der Waals surface area contributed by atoms with Gasteiger partial charge in [-0.2, -0.15) is 20.5 Å². The summed E-state index contributed by atoms with van der Waals surface area (Å²) < 4.78 is 37.8. The number of benzene rings is 2. The Morgan fingerprint density at radius 3 is 2.45 bits per heavy atom. The summed E-state index contributed by atoms with van der Waals surface area (Å²) in [5.74, 6) is -1.61. The molecule has 1 amide bonds. The first-order chi connectivity index (χ1) is 24.6. The molecular formula is C37H39ClF2N8O2S. The van der Waals surface area contributed by atoms with Gasteiger partial charge >= 0.3 is 6.01 Å². The summed E-state index contributed by atoms with van der Waals surface area (Å²) >= 11 is 7.84. The lowest BCUT2D eigenvalue weighted by Crippen LogP contribution is -2.49. The third-order valence-electron chi connectivity index (χ3n) is 10.1. The average molecular weight is 733 g/mol. The molecule has 3 aromatic rings. The number of halogens is 3. The Kier molecular flexibility index (Phi) is 10.8. The van der Waals surface area contributed by atoms with Crippen LogP contribution in [0.2, 0.25) is 5.02 Å². The van der Waals surface area contributed by atoms with E-state index in [1.165, 1.54) is 19.1 Å². The fourth-order valence-corrected chi connectivity index (χ4v) is 9.00. The topological polar surface area (TPSA) is 135 Å². The molecule has 4 aliphatic rings. The lowest BCUT2D eigenvalue weighted by atomic mass is 9.90. The van der Waals surface area contributed by atoms with Crippen LogP contribution in [-0.4, -0.2) is 82.0 Å². The van der Waals surface area contributed by atoms with Crippen LogP contribution < -0.4 is 15.4 Å². The Labute approximate surface area is 305 Å². The number of fused-ring (bicyclic) bond motifs is 3. The molecule has 4 aliphatic heterocycles. The zero-order valence-corrected chi connectivity index (χ0v) is 30.0. The van der Waals surface area contributed by atoms with Gasteiger partial charge in [-0.1, -0.05) is 29.8 Å². The van der Waals surface area contributed by atoms with E-state index in [2.05, 4.69) is 29.1 Å². The number of nitrogens with zero attached hydrogens (tertiary/aromatic N) is 7. The lowest BCUT2D eigenvalue weighted by molar-refractivity contribution is -0.134. The molecule has 51 heavy (non-hydrogen) atoms. The normalized spacial score (nSPS) is 21.4. The molecular weight excluding hydrogens is 694 g/mol. The zero-order valence-electron chi connectivity index (χ0n) is 28.4. The first-order valence-corrected chi connectivity index (χ1v) is 18.2. The molecule has 3 unspecified atom stereocenters. The van der Waals surface area contributed by atoms with Crippen LogP contribution in [-0.2, 0) is 4.79 Å². The van der Waals surface area contributed by atoms with Crippen molar-refractivity contribution in [1.29, 1.82) is 10.5 Å². The van der Waals surface area contributed by atoms with E-state index in [0.717, 1.165) is 63.5 Å². The van der Waals surface area contributed by atoms with Crippen molar-refractivity contribution >= 4 is 46.0 Å². The van der Waals surface area contributed by atoms with E-state index in [0.29, 0.717) is 42.0 Å². The smallest absolute Gasteiger partial charge is 0.319 e. The second kappa shape index (κ2) is 15.1. The highest BCUT2D eigenvalue weighted by Gasteiger charge is 2.45. The Morgan fingerprint density at radius 2 is 1.88 bits per heavy atom. The molecule has 0 radical (unpaired) electrons. The molecule has 14 heteroatoms. The number of rotatable bonds is 9. The summed E-state index contributed by atoms with van der Waals surface area (Å²) in [5.41, 5.74) is 6.80. The van der Waals surface area contributed by atoms with Crippen molar-refractivity contribution in [2.45, 2.75) is 66.8 Å². The minimum absolute atomic E-state index is 0.00722. The molecule has 7 rings (SSSR count). The van der Waals surface area contributed by atoms with E-state index < -0.39 is 22.9 Å². The second-order valence-electron chi connectivity index (χ2n) is 13.1. The molecule has 3 saturated heterocycles. The summed E-state index contributed by atoms with van der Waals surface area (Å²) in [6, 6.07) is 8.42. The third kappa shape index (κ3) is 6.76. The van der Waals surface area contributed by atoms with Crippen molar-refractivity contribution in [3.63, 3.8) is 0 Å². The van der Waals surface area contributed by atoms with Gasteiger partial charge in [-0.15, -0.1) is 24.9 Å². The minimum atomic E-state index is -0.836. The highest BCUT2D eigenvalue weighted by molar-refractivity contribution is 8.00. The number of ether oxygens (including phenoxy) is 1. The number of aromatic nitrogens is 2. The molecule has 5 heterocycles. The van der Waals surface area contributed by atoms with Gasteiger partial charge in [0.1, 0.15) is 29.8 Å². The van der Waals surface area contributed by atoms with Crippen LogP contribution in [0.15, 0.2) is 48.4 Å². The van der Waals surface area contributed by atoms with Crippen LogP contribution in [0.1, 0.15) is 50.5 Å². The predicted octanol–water partition coefficient (Wildman–Crippen LogP) is 6.54. The summed E-state index contributed by atoms with van der Waals surface area (Å²) in [6.45, 7) is 13.3. The average Bonchev–Trinajstić information content (AvgIpc) is 3.77. The molecule has 0 saturated carbocycles. The summed E-state index contributed by atoms with van der Waals surface area (Å²) in [6.07, 6.45) is 8.60. The van der Waals surface area contributed by atoms with E-state index in [4.69, 9.17) is 32.3 Å². The fraction of sp³-hybridized carbons (Fsp3) is 0.432. The highest BCUT2D eigenvalue weighted by Crippen LogP contribution is 2.51. The van der Waals surface area contributed by atoms with E-state index >= 15 is 4.39 Å². The number of carbonyl (C=O) groups excluding carboxylic acids is 1. The molecule has 2 N–H and O–H groups in total. The SMILES string of the molecule is C=CCN(CC=C)c1nc(OCC23CCCN2CCC3)nc2c(F)c(-c3ccc(F)c4c3C(C#N)C(N)S4)c(Cl)cc12.CC(=O)N1CCC1C#N. The van der Waals surface area contributed by atoms with Crippen LogP contribution in [0.3, 0.4) is 0 Å². The first kappa shape index (κ1) is 36.5. The number of hydrogen-bond acceptors (Lipinski definition) is 10. The molecule has 3 fully saturated rings. The minimum Gasteiger partial charge on any atom is -0.461 e. The second-order valence-corrected chi connectivity index (χ2v) is 14.7. The Morgan fingerprint density at radius 1 is 1.18 bits per heavy atom. The van der Waals surface area contributed by atoms with Crippen LogP contribution in [0, 0.1) is 34.3 Å². The van der Waals surface area contributed by atoms with Gasteiger partial charge in [-0.25, -0.2) is 8.78 Å².